The second-order valence-corrected chi connectivity index (χ2v) is 11.6. The molecule has 0 aliphatic carbocycles. The summed E-state index contributed by atoms with van der Waals surface area (Å²) >= 11 is 1.85. The Morgan fingerprint density at radius 3 is 2.12 bits per heavy atom. The fourth-order valence-corrected chi connectivity index (χ4v) is 7.64. The maximum absolute atomic E-state index is 6.52. The van der Waals surface area contributed by atoms with Crippen molar-refractivity contribution in [3.63, 3.8) is 0 Å². The Morgan fingerprint density at radius 2 is 1.20 bits per heavy atom. The molecule has 9 aromatic rings. The van der Waals surface area contributed by atoms with Gasteiger partial charge >= 0.3 is 0 Å². The summed E-state index contributed by atoms with van der Waals surface area (Å²) in [6.07, 6.45) is 0. The third-order valence-electron chi connectivity index (χ3n) is 8.22. The molecule has 0 bridgehead atoms. The number of furan rings is 1. The van der Waals surface area contributed by atoms with Gasteiger partial charge in [0.15, 0.2) is 0 Å². The standard InChI is InChI=1S/C38H23NOS/c1-2-10-26(11-3-1)39(27-19-20-29-25(23-27)18-17-24-9-4-5-12-28(24)29)32-14-8-15-33-36(32)37-34(40-33)22-21-31-30-13-6-7-16-35(30)41-38(31)37/h1-23H. The first-order chi connectivity index (χ1) is 20.3. The third kappa shape index (κ3) is 3.36. The van der Waals surface area contributed by atoms with Gasteiger partial charge in [-0.1, -0.05) is 84.9 Å². The van der Waals surface area contributed by atoms with Crippen LogP contribution in [0.15, 0.2) is 144 Å². The third-order valence-corrected chi connectivity index (χ3v) is 9.43. The van der Waals surface area contributed by atoms with Crippen LogP contribution in [0.25, 0.3) is 63.7 Å². The largest absolute Gasteiger partial charge is 0.456 e. The molecule has 0 radical (unpaired) electrons. The normalized spacial score (nSPS) is 11.9. The minimum Gasteiger partial charge on any atom is -0.456 e. The SMILES string of the molecule is c1ccc(N(c2ccc3c(ccc4ccccc43)c2)c2cccc3oc4ccc5c6ccccc6sc5c4c23)cc1. The van der Waals surface area contributed by atoms with Crippen LogP contribution in [0.3, 0.4) is 0 Å². The average Bonchev–Trinajstić information content (AvgIpc) is 3.60. The topological polar surface area (TPSA) is 16.4 Å². The number of hydrogen-bond acceptors (Lipinski definition) is 3. The van der Waals surface area contributed by atoms with Crippen molar-refractivity contribution >= 4 is 92.1 Å². The minimum absolute atomic E-state index is 0.898. The van der Waals surface area contributed by atoms with Gasteiger partial charge in [0.05, 0.1) is 11.1 Å². The van der Waals surface area contributed by atoms with Crippen LogP contribution in [0.4, 0.5) is 17.1 Å². The molecular weight excluding hydrogens is 518 g/mol. The van der Waals surface area contributed by atoms with Crippen molar-refractivity contribution in [3.05, 3.63) is 140 Å². The van der Waals surface area contributed by atoms with Crippen LogP contribution in [-0.4, -0.2) is 0 Å². The summed E-state index contributed by atoms with van der Waals surface area (Å²) in [5, 5.41) is 9.91. The van der Waals surface area contributed by atoms with Crippen LogP contribution in [0.5, 0.6) is 0 Å². The highest BCUT2D eigenvalue weighted by Gasteiger charge is 2.22. The summed E-state index contributed by atoms with van der Waals surface area (Å²) < 4.78 is 9.08. The predicted molar refractivity (Wildman–Crippen MR) is 176 cm³/mol. The van der Waals surface area contributed by atoms with Gasteiger partial charge in [-0.2, -0.15) is 0 Å². The Bertz CT molecular complexity index is 2430. The zero-order valence-corrected chi connectivity index (χ0v) is 22.9. The first-order valence-corrected chi connectivity index (χ1v) is 14.7. The van der Waals surface area contributed by atoms with E-state index in [4.69, 9.17) is 4.42 Å². The van der Waals surface area contributed by atoms with Gasteiger partial charge in [-0.05, 0) is 76.1 Å². The second-order valence-electron chi connectivity index (χ2n) is 10.5. The highest BCUT2D eigenvalue weighted by Crippen LogP contribution is 2.47. The number of thiophene rings is 1. The molecule has 3 heteroatoms. The number of nitrogens with zero attached hydrogens (tertiary/aromatic N) is 1. The number of benzene rings is 7. The molecule has 2 heterocycles. The molecule has 2 aromatic heterocycles. The molecule has 41 heavy (non-hydrogen) atoms. The Hall–Kier alpha value is -5.12. The van der Waals surface area contributed by atoms with E-state index >= 15 is 0 Å². The number of hydrogen-bond donors (Lipinski definition) is 0. The van der Waals surface area contributed by atoms with E-state index < -0.39 is 0 Å². The van der Waals surface area contributed by atoms with Gasteiger partial charge in [-0.25, -0.2) is 0 Å². The van der Waals surface area contributed by atoms with Crippen molar-refractivity contribution in [2.45, 2.75) is 0 Å². The van der Waals surface area contributed by atoms with Crippen molar-refractivity contribution in [2.24, 2.45) is 0 Å². The van der Waals surface area contributed by atoms with Gasteiger partial charge in [0.2, 0.25) is 0 Å². The van der Waals surface area contributed by atoms with E-state index in [0.29, 0.717) is 0 Å². The summed E-state index contributed by atoms with van der Waals surface area (Å²) in [6, 6.07) is 50.0. The lowest BCUT2D eigenvalue weighted by Crippen LogP contribution is -2.10. The lowest BCUT2D eigenvalue weighted by atomic mass is 10.0. The number of fused-ring (bicyclic) bond motifs is 10. The van der Waals surface area contributed by atoms with E-state index in [0.717, 1.165) is 33.6 Å². The van der Waals surface area contributed by atoms with Gasteiger partial charge < -0.3 is 9.32 Å². The molecule has 9 rings (SSSR count). The van der Waals surface area contributed by atoms with Crippen LogP contribution in [0, 0.1) is 0 Å². The smallest absolute Gasteiger partial charge is 0.137 e. The van der Waals surface area contributed by atoms with Crippen molar-refractivity contribution in [3.8, 4) is 0 Å². The van der Waals surface area contributed by atoms with Gasteiger partial charge in [0.1, 0.15) is 11.2 Å². The van der Waals surface area contributed by atoms with E-state index in [2.05, 4.69) is 144 Å². The van der Waals surface area contributed by atoms with E-state index in [-0.39, 0.29) is 0 Å². The fraction of sp³-hybridized carbons (Fsp3) is 0. The molecule has 0 unspecified atom stereocenters. The van der Waals surface area contributed by atoms with Crippen molar-refractivity contribution in [1.29, 1.82) is 0 Å². The summed E-state index contributed by atoms with van der Waals surface area (Å²) in [5.41, 5.74) is 5.15. The van der Waals surface area contributed by atoms with Crippen LogP contribution in [0.1, 0.15) is 0 Å². The van der Waals surface area contributed by atoms with Crippen LogP contribution < -0.4 is 4.90 Å². The van der Waals surface area contributed by atoms with Gasteiger partial charge in [-0.15, -0.1) is 11.3 Å². The Balaban J connectivity index is 1.37. The molecule has 0 saturated heterocycles. The summed E-state index contributed by atoms with van der Waals surface area (Å²) in [4.78, 5) is 2.37. The molecule has 0 aliphatic heterocycles. The molecule has 192 valence electrons. The van der Waals surface area contributed by atoms with Gasteiger partial charge in [-0.3, -0.25) is 0 Å². The predicted octanol–water partition coefficient (Wildman–Crippen LogP) is 11.7. The second kappa shape index (κ2) is 8.69. The van der Waals surface area contributed by atoms with Gasteiger partial charge in [0.25, 0.3) is 0 Å². The van der Waals surface area contributed by atoms with Crippen molar-refractivity contribution in [2.75, 3.05) is 4.90 Å². The molecular formula is C38H23NOS. The zero-order valence-electron chi connectivity index (χ0n) is 22.0. The first-order valence-electron chi connectivity index (χ1n) is 13.9. The van der Waals surface area contributed by atoms with Crippen LogP contribution >= 0.6 is 11.3 Å². The van der Waals surface area contributed by atoms with Crippen LogP contribution in [-0.2, 0) is 0 Å². The summed E-state index contributed by atoms with van der Waals surface area (Å²) in [6.45, 7) is 0. The number of anilines is 3. The molecule has 0 atom stereocenters. The zero-order chi connectivity index (χ0) is 26.9. The molecule has 0 fully saturated rings. The van der Waals surface area contributed by atoms with Crippen LogP contribution in [0.2, 0.25) is 0 Å². The molecule has 2 nitrogen and oxygen atoms in total. The maximum Gasteiger partial charge on any atom is 0.137 e. The van der Waals surface area contributed by atoms with E-state index in [9.17, 15) is 0 Å². The summed E-state index contributed by atoms with van der Waals surface area (Å²) in [5.74, 6) is 0. The monoisotopic (exact) mass is 541 g/mol. The van der Waals surface area contributed by atoms with E-state index in [1.54, 1.807) is 0 Å². The summed E-state index contributed by atoms with van der Waals surface area (Å²) in [7, 11) is 0. The average molecular weight is 542 g/mol. The molecule has 0 saturated carbocycles. The minimum atomic E-state index is 0.898. The van der Waals surface area contributed by atoms with Crippen molar-refractivity contribution < 1.29 is 4.42 Å². The van der Waals surface area contributed by atoms with E-state index in [1.807, 2.05) is 11.3 Å². The van der Waals surface area contributed by atoms with Gasteiger partial charge in [0, 0.05) is 36.9 Å². The number of para-hydroxylation sites is 1. The van der Waals surface area contributed by atoms with E-state index in [1.165, 1.54) is 47.1 Å². The fourth-order valence-electron chi connectivity index (χ4n) is 6.40. The Morgan fingerprint density at radius 1 is 0.463 bits per heavy atom. The maximum atomic E-state index is 6.52. The molecule has 7 aromatic carbocycles. The molecule has 0 amide bonds. The lowest BCUT2D eigenvalue weighted by Gasteiger charge is -2.26. The quantitative estimate of drug-likeness (QED) is 0.207. The Labute approximate surface area is 240 Å². The molecule has 0 aliphatic rings. The molecule has 0 N–H and O–H groups in total. The highest BCUT2D eigenvalue weighted by molar-refractivity contribution is 7.26. The highest BCUT2D eigenvalue weighted by atomic mass is 32.1. The Kier molecular flexibility index (Phi) is 4.80. The first kappa shape index (κ1) is 22.7. The molecule has 0 spiro atoms. The number of rotatable bonds is 3. The van der Waals surface area contributed by atoms with Crippen molar-refractivity contribution in [1.82, 2.24) is 0 Å². The lowest BCUT2D eigenvalue weighted by molar-refractivity contribution is 0.669.